The lowest BCUT2D eigenvalue weighted by Crippen LogP contribution is -1.95. The van der Waals surface area contributed by atoms with Crippen molar-refractivity contribution in [2.24, 2.45) is 0 Å². The van der Waals surface area contributed by atoms with E-state index in [1.165, 1.54) is 81.6 Å². The summed E-state index contributed by atoms with van der Waals surface area (Å²) in [6.07, 6.45) is 8.60. The molecule has 0 bridgehead atoms. The van der Waals surface area contributed by atoms with Crippen LogP contribution < -0.4 is 0 Å². The van der Waals surface area contributed by atoms with Crippen molar-refractivity contribution in [1.82, 2.24) is 4.57 Å². The fraction of sp³-hybridized carbons (Fsp3) is 0.0222. The molecule has 9 aromatic rings. The van der Waals surface area contributed by atoms with E-state index >= 15 is 0 Å². The van der Waals surface area contributed by atoms with Gasteiger partial charge in [0.1, 0.15) is 0 Å². The lowest BCUT2D eigenvalue weighted by Gasteiger charge is -2.16. The average Bonchev–Trinajstić information content (AvgIpc) is 3.47. The van der Waals surface area contributed by atoms with Gasteiger partial charge in [-0.05, 0) is 86.3 Å². The van der Waals surface area contributed by atoms with E-state index in [1.807, 2.05) is 0 Å². The molecule has 9 rings (SSSR count). The third kappa shape index (κ3) is 4.02. The van der Waals surface area contributed by atoms with Crippen LogP contribution in [-0.4, -0.2) is 4.57 Å². The van der Waals surface area contributed by atoms with Gasteiger partial charge in [0, 0.05) is 27.2 Å². The Hall–Kier alpha value is -5.92. The van der Waals surface area contributed by atoms with Crippen molar-refractivity contribution in [3.05, 3.63) is 169 Å². The predicted octanol–water partition coefficient (Wildman–Crippen LogP) is 12.7. The third-order valence-corrected chi connectivity index (χ3v) is 9.44. The second-order valence-corrected chi connectivity index (χ2v) is 12.1. The highest BCUT2D eigenvalue weighted by Gasteiger charge is 2.21. The van der Waals surface area contributed by atoms with Crippen LogP contribution in [0.3, 0.4) is 0 Å². The second kappa shape index (κ2) is 10.6. The SMILES string of the molecule is C/C=C\C=C/c1cc2ccccc2c2c1c1ccccc1c1c2c2ccccc2n1-c1ccc(-c2ccc3ccccc3c2)cc1. The fourth-order valence-corrected chi connectivity index (χ4v) is 7.42. The van der Waals surface area contributed by atoms with Gasteiger partial charge in [0.2, 0.25) is 0 Å². The minimum Gasteiger partial charge on any atom is -0.309 e. The third-order valence-electron chi connectivity index (χ3n) is 9.44. The molecule has 0 aliphatic rings. The van der Waals surface area contributed by atoms with Crippen LogP contribution in [0.4, 0.5) is 0 Å². The average molecular weight is 586 g/mol. The zero-order valence-electron chi connectivity index (χ0n) is 25.6. The number of rotatable bonds is 4. The molecule has 0 saturated heterocycles. The molecule has 1 heteroatoms. The Morgan fingerprint density at radius 2 is 1.11 bits per heavy atom. The molecular formula is C45H31N. The van der Waals surface area contributed by atoms with Crippen LogP contribution in [0.1, 0.15) is 12.5 Å². The number of benzene rings is 8. The van der Waals surface area contributed by atoms with Crippen LogP contribution in [-0.2, 0) is 0 Å². The fourth-order valence-electron chi connectivity index (χ4n) is 7.42. The van der Waals surface area contributed by atoms with Crippen LogP contribution in [0.5, 0.6) is 0 Å². The van der Waals surface area contributed by atoms with E-state index in [2.05, 4.69) is 181 Å². The summed E-state index contributed by atoms with van der Waals surface area (Å²) in [7, 11) is 0. The summed E-state index contributed by atoms with van der Waals surface area (Å²) in [5.41, 5.74) is 7.31. The van der Waals surface area contributed by atoms with Gasteiger partial charge in [0.05, 0.1) is 11.0 Å². The van der Waals surface area contributed by atoms with Gasteiger partial charge in [0.25, 0.3) is 0 Å². The Labute approximate surface area is 268 Å². The highest BCUT2D eigenvalue weighted by atomic mass is 15.0. The van der Waals surface area contributed by atoms with Crippen molar-refractivity contribution in [3.8, 4) is 16.8 Å². The smallest absolute Gasteiger partial charge is 0.0626 e. The van der Waals surface area contributed by atoms with Crippen molar-refractivity contribution in [2.75, 3.05) is 0 Å². The van der Waals surface area contributed by atoms with Crippen LogP contribution in [0.2, 0.25) is 0 Å². The van der Waals surface area contributed by atoms with Gasteiger partial charge in [0.15, 0.2) is 0 Å². The van der Waals surface area contributed by atoms with Gasteiger partial charge in [-0.1, -0.05) is 140 Å². The molecule has 8 aromatic carbocycles. The van der Waals surface area contributed by atoms with E-state index < -0.39 is 0 Å². The lowest BCUT2D eigenvalue weighted by atomic mass is 9.89. The van der Waals surface area contributed by atoms with E-state index in [0.29, 0.717) is 0 Å². The topological polar surface area (TPSA) is 4.93 Å². The molecule has 0 saturated carbocycles. The van der Waals surface area contributed by atoms with Crippen molar-refractivity contribution in [1.29, 1.82) is 0 Å². The van der Waals surface area contributed by atoms with E-state index in [9.17, 15) is 0 Å². The number of allylic oxidation sites excluding steroid dienone is 3. The number of hydrogen-bond donors (Lipinski definition) is 0. The first-order chi connectivity index (χ1) is 22.8. The summed E-state index contributed by atoms with van der Waals surface area (Å²) in [5.74, 6) is 0. The second-order valence-electron chi connectivity index (χ2n) is 12.1. The zero-order valence-corrected chi connectivity index (χ0v) is 25.6. The van der Waals surface area contributed by atoms with Crippen molar-refractivity contribution in [2.45, 2.75) is 6.92 Å². The Bertz CT molecular complexity index is 2680. The molecule has 0 aliphatic carbocycles. The van der Waals surface area contributed by atoms with Crippen molar-refractivity contribution in [3.63, 3.8) is 0 Å². The number of para-hydroxylation sites is 1. The van der Waals surface area contributed by atoms with E-state index in [-0.39, 0.29) is 0 Å². The molecular weight excluding hydrogens is 555 g/mol. The molecule has 0 spiro atoms. The first-order valence-corrected chi connectivity index (χ1v) is 16.0. The normalized spacial score (nSPS) is 12.3. The maximum absolute atomic E-state index is 2.48. The maximum Gasteiger partial charge on any atom is 0.0626 e. The summed E-state index contributed by atoms with van der Waals surface area (Å²) < 4.78 is 2.48. The molecule has 0 radical (unpaired) electrons. The largest absolute Gasteiger partial charge is 0.309 e. The number of hydrogen-bond acceptors (Lipinski definition) is 0. The molecule has 1 heterocycles. The zero-order chi connectivity index (χ0) is 30.6. The summed E-state index contributed by atoms with van der Waals surface area (Å²) in [6.45, 7) is 2.06. The van der Waals surface area contributed by atoms with Crippen LogP contribution in [0.25, 0.3) is 87.8 Å². The van der Waals surface area contributed by atoms with Crippen molar-refractivity contribution >= 4 is 71.0 Å². The Morgan fingerprint density at radius 1 is 0.457 bits per heavy atom. The Balaban J connectivity index is 1.39. The number of aromatic nitrogens is 1. The summed E-state index contributed by atoms with van der Waals surface area (Å²) in [6, 6.07) is 53.4. The van der Waals surface area contributed by atoms with Gasteiger partial charge in [-0.2, -0.15) is 0 Å². The van der Waals surface area contributed by atoms with Gasteiger partial charge in [-0.25, -0.2) is 0 Å². The molecule has 0 amide bonds. The molecule has 216 valence electrons. The van der Waals surface area contributed by atoms with Gasteiger partial charge in [-0.3, -0.25) is 0 Å². The summed E-state index contributed by atoms with van der Waals surface area (Å²) >= 11 is 0. The Kier molecular flexibility index (Phi) is 6.11. The molecule has 0 unspecified atom stereocenters. The quantitative estimate of drug-likeness (QED) is 0.143. The molecule has 46 heavy (non-hydrogen) atoms. The molecule has 0 aliphatic heterocycles. The first-order valence-electron chi connectivity index (χ1n) is 16.0. The molecule has 0 atom stereocenters. The van der Waals surface area contributed by atoms with Crippen molar-refractivity contribution < 1.29 is 0 Å². The molecule has 0 fully saturated rings. The highest BCUT2D eigenvalue weighted by Crippen LogP contribution is 2.46. The van der Waals surface area contributed by atoms with Crippen LogP contribution in [0, 0.1) is 0 Å². The van der Waals surface area contributed by atoms with Gasteiger partial charge >= 0.3 is 0 Å². The monoisotopic (exact) mass is 585 g/mol. The van der Waals surface area contributed by atoms with Gasteiger partial charge < -0.3 is 4.57 Å². The van der Waals surface area contributed by atoms with E-state index in [4.69, 9.17) is 0 Å². The summed E-state index contributed by atoms with van der Waals surface area (Å²) in [5, 5.41) is 12.8. The summed E-state index contributed by atoms with van der Waals surface area (Å²) in [4.78, 5) is 0. The maximum atomic E-state index is 2.48. The standard InChI is InChI=1S/C45H31N/c1-2-3-4-16-35-29-34-15-7-8-17-37(34)43-42(35)38-18-9-10-19-39(38)45-44(43)40-20-11-12-21-41(40)46(45)36-26-24-31(25-27-36)33-23-22-30-13-5-6-14-32(30)28-33/h2-29H,1H3/b3-2-,16-4-. The van der Waals surface area contributed by atoms with E-state index in [0.717, 1.165) is 5.69 Å². The minimum absolute atomic E-state index is 1.16. The Morgan fingerprint density at radius 3 is 1.91 bits per heavy atom. The van der Waals surface area contributed by atoms with E-state index in [1.54, 1.807) is 0 Å². The highest BCUT2D eigenvalue weighted by molar-refractivity contribution is 6.38. The minimum atomic E-state index is 1.16. The number of fused-ring (bicyclic) bond motifs is 11. The lowest BCUT2D eigenvalue weighted by molar-refractivity contribution is 1.19. The van der Waals surface area contributed by atoms with Crippen LogP contribution in [0.15, 0.2) is 164 Å². The molecule has 1 aromatic heterocycles. The number of nitrogens with zero attached hydrogens (tertiary/aromatic N) is 1. The molecule has 0 N–H and O–H groups in total. The van der Waals surface area contributed by atoms with Crippen LogP contribution >= 0.6 is 0 Å². The first kappa shape index (κ1) is 26.5. The van der Waals surface area contributed by atoms with Gasteiger partial charge in [-0.15, -0.1) is 0 Å². The molecule has 1 nitrogen and oxygen atoms in total. The predicted molar refractivity (Wildman–Crippen MR) is 200 cm³/mol.